The molecule has 1 aromatic heterocycles. The topological polar surface area (TPSA) is 111 Å². The minimum absolute atomic E-state index is 0.0124. The van der Waals surface area contributed by atoms with Crippen LogP contribution >= 0.6 is 0 Å². The van der Waals surface area contributed by atoms with Crippen molar-refractivity contribution in [2.24, 2.45) is 11.7 Å². The molecular weight excluding hydrogens is 250 g/mol. The molecule has 0 bridgehead atoms. The van der Waals surface area contributed by atoms with Crippen LogP contribution in [0.4, 0.5) is 5.69 Å². The molecular formula is C11H17N5O3. The number of anilines is 1. The maximum Gasteiger partial charge on any atom is 0.239 e. The van der Waals surface area contributed by atoms with Crippen LogP contribution in [0, 0.1) is 5.92 Å². The van der Waals surface area contributed by atoms with Gasteiger partial charge >= 0.3 is 0 Å². The summed E-state index contributed by atoms with van der Waals surface area (Å²) in [5.41, 5.74) is 5.59. The highest BCUT2D eigenvalue weighted by molar-refractivity contribution is 5.93. The SMILES string of the molecule is CNC1COCC1C(=O)Nc1cnn(CC(N)=O)c1. The smallest absolute Gasteiger partial charge is 0.239 e. The number of nitrogens with zero attached hydrogens (tertiary/aromatic N) is 2. The van der Waals surface area contributed by atoms with Crippen molar-refractivity contribution in [2.45, 2.75) is 12.6 Å². The first-order valence-corrected chi connectivity index (χ1v) is 5.96. The fraction of sp³-hybridized carbons (Fsp3) is 0.545. The lowest BCUT2D eigenvalue weighted by Gasteiger charge is -2.15. The molecule has 0 aromatic carbocycles. The van der Waals surface area contributed by atoms with E-state index in [4.69, 9.17) is 10.5 Å². The molecule has 4 N–H and O–H groups in total. The number of hydrogen-bond donors (Lipinski definition) is 3. The molecule has 0 aliphatic carbocycles. The zero-order valence-electron chi connectivity index (χ0n) is 10.6. The Kier molecular flexibility index (Phi) is 4.13. The third-order valence-electron chi connectivity index (χ3n) is 3.01. The third kappa shape index (κ3) is 3.30. The van der Waals surface area contributed by atoms with Gasteiger partial charge in [-0.1, -0.05) is 0 Å². The Bertz CT molecular complexity index is 473. The molecule has 1 fully saturated rings. The second-order valence-electron chi connectivity index (χ2n) is 4.42. The Hall–Kier alpha value is -1.93. The Balaban J connectivity index is 1.95. The lowest BCUT2D eigenvalue weighted by atomic mass is 10.0. The largest absolute Gasteiger partial charge is 0.379 e. The number of ether oxygens (including phenoxy) is 1. The van der Waals surface area contributed by atoms with Crippen molar-refractivity contribution in [1.82, 2.24) is 15.1 Å². The van der Waals surface area contributed by atoms with Gasteiger partial charge in [-0.05, 0) is 7.05 Å². The van der Waals surface area contributed by atoms with Gasteiger partial charge in [0, 0.05) is 12.2 Å². The van der Waals surface area contributed by atoms with Crippen LogP contribution in [0.3, 0.4) is 0 Å². The molecule has 104 valence electrons. The number of nitrogens with two attached hydrogens (primary N) is 1. The number of aromatic nitrogens is 2. The molecule has 1 saturated heterocycles. The summed E-state index contributed by atoms with van der Waals surface area (Å²) in [4.78, 5) is 22.8. The fourth-order valence-corrected chi connectivity index (χ4v) is 2.01. The van der Waals surface area contributed by atoms with Crippen LogP contribution in [0.2, 0.25) is 0 Å². The number of nitrogens with one attached hydrogen (secondary N) is 2. The van der Waals surface area contributed by atoms with Gasteiger partial charge in [0.05, 0.1) is 31.0 Å². The van der Waals surface area contributed by atoms with Crippen molar-refractivity contribution in [3.63, 3.8) is 0 Å². The van der Waals surface area contributed by atoms with Gasteiger partial charge in [-0.3, -0.25) is 14.3 Å². The Labute approximate surface area is 110 Å². The Morgan fingerprint density at radius 3 is 3.05 bits per heavy atom. The molecule has 2 unspecified atom stereocenters. The van der Waals surface area contributed by atoms with Gasteiger partial charge in [0.15, 0.2) is 0 Å². The first kappa shape index (κ1) is 13.5. The molecule has 2 amide bonds. The average molecular weight is 267 g/mol. The fourth-order valence-electron chi connectivity index (χ4n) is 2.01. The quantitative estimate of drug-likeness (QED) is 0.604. The summed E-state index contributed by atoms with van der Waals surface area (Å²) < 4.78 is 6.65. The summed E-state index contributed by atoms with van der Waals surface area (Å²) >= 11 is 0. The highest BCUT2D eigenvalue weighted by atomic mass is 16.5. The van der Waals surface area contributed by atoms with Gasteiger partial charge in [0.2, 0.25) is 11.8 Å². The molecule has 2 heterocycles. The lowest BCUT2D eigenvalue weighted by molar-refractivity contribution is -0.120. The molecule has 0 radical (unpaired) electrons. The minimum Gasteiger partial charge on any atom is -0.379 e. The van der Waals surface area contributed by atoms with E-state index in [1.54, 1.807) is 13.2 Å². The molecule has 8 heteroatoms. The van der Waals surface area contributed by atoms with Crippen LogP contribution in [0.15, 0.2) is 12.4 Å². The van der Waals surface area contributed by atoms with Gasteiger partial charge in [0.25, 0.3) is 0 Å². The Morgan fingerprint density at radius 1 is 1.58 bits per heavy atom. The summed E-state index contributed by atoms with van der Waals surface area (Å²) in [6, 6.07) is 0.0145. The normalized spacial score (nSPS) is 22.4. The maximum atomic E-state index is 12.1. The first-order chi connectivity index (χ1) is 9.10. The summed E-state index contributed by atoms with van der Waals surface area (Å²) in [6.07, 6.45) is 3.04. The number of carbonyl (C=O) groups excluding carboxylic acids is 2. The van der Waals surface area contributed by atoms with Gasteiger partial charge in [-0.15, -0.1) is 0 Å². The van der Waals surface area contributed by atoms with Crippen LogP contribution < -0.4 is 16.4 Å². The van der Waals surface area contributed by atoms with Crippen molar-refractivity contribution in [3.05, 3.63) is 12.4 Å². The van der Waals surface area contributed by atoms with E-state index < -0.39 is 5.91 Å². The molecule has 2 rings (SSSR count). The molecule has 1 aromatic rings. The highest BCUT2D eigenvalue weighted by Gasteiger charge is 2.33. The summed E-state index contributed by atoms with van der Waals surface area (Å²) in [5, 5.41) is 9.72. The van der Waals surface area contributed by atoms with E-state index in [1.807, 2.05) is 0 Å². The zero-order chi connectivity index (χ0) is 13.8. The molecule has 0 spiro atoms. The average Bonchev–Trinajstić information content (AvgIpc) is 2.96. The Morgan fingerprint density at radius 2 is 2.37 bits per heavy atom. The molecule has 8 nitrogen and oxygen atoms in total. The second-order valence-corrected chi connectivity index (χ2v) is 4.42. The maximum absolute atomic E-state index is 12.1. The van der Waals surface area contributed by atoms with Crippen LogP contribution in [0.25, 0.3) is 0 Å². The minimum atomic E-state index is -0.486. The summed E-state index contributed by atoms with van der Waals surface area (Å²) in [6.45, 7) is 0.907. The van der Waals surface area contributed by atoms with E-state index in [9.17, 15) is 9.59 Å². The monoisotopic (exact) mass is 267 g/mol. The highest BCUT2D eigenvalue weighted by Crippen LogP contribution is 2.16. The van der Waals surface area contributed by atoms with E-state index in [0.717, 1.165) is 0 Å². The molecule has 1 aliphatic rings. The van der Waals surface area contributed by atoms with Crippen molar-refractivity contribution >= 4 is 17.5 Å². The van der Waals surface area contributed by atoms with E-state index in [-0.39, 0.29) is 24.4 Å². The van der Waals surface area contributed by atoms with E-state index in [1.165, 1.54) is 10.9 Å². The summed E-state index contributed by atoms with van der Waals surface area (Å²) in [7, 11) is 1.80. The van der Waals surface area contributed by atoms with Crippen molar-refractivity contribution in [2.75, 3.05) is 25.6 Å². The number of amides is 2. The van der Waals surface area contributed by atoms with Crippen LogP contribution in [0.1, 0.15) is 0 Å². The number of hydrogen-bond acceptors (Lipinski definition) is 5. The van der Waals surface area contributed by atoms with Crippen LogP contribution in [0.5, 0.6) is 0 Å². The zero-order valence-corrected chi connectivity index (χ0v) is 10.6. The van der Waals surface area contributed by atoms with Gasteiger partial charge < -0.3 is 21.1 Å². The second kappa shape index (κ2) is 5.81. The summed E-state index contributed by atoms with van der Waals surface area (Å²) in [5.74, 6) is -0.847. The predicted molar refractivity (Wildman–Crippen MR) is 67.2 cm³/mol. The number of primary amides is 1. The first-order valence-electron chi connectivity index (χ1n) is 5.96. The van der Waals surface area contributed by atoms with Crippen LogP contribution in [-0.2, 0) is 20.9 Å². The predicted octanol–water partition coefficient (Wildman–Crippen LogP) is -1.46. The van der Waals surface area contributed by atoms with Crippen LogP contribution in [-0.4, -0.2) is 47.9 Å². The van der Waals surface area contributed by atoms with Crippen molar-refractivity contribution in [1.29, 1.82) is 0 Å². The molecule has 2 atom stereocenters. The molecule has 0 saturated carbocycles. The van der Waals surface area contributed by atoms with Crippen molar-refractivity contribution < 1.29 is 14.3 Å². The number of rotatable bonds is 5. The third-order valence-corrected chi connectivity index (χ3v) is 3.01. The van der Waals surface area contributed by atoms with Gasteiger partial charge in [-0.2, -0.15) is 5.10 Å². The number of carbonyl (C=O) groups is 2. The van der Waals surface area contributed by atoms with E-state index in [0.29, 0.717) is 18.9 Å². The lowest BCUT2D eigenvalue weighted by Crippen LogP contribution is -2.39. The van der Waals surface area contributed by atoms with Gasteiger partial charge in [-0.25, -0.2) is 0 Å². The van der Waals surface area contributed by atoms with E-state index >= 15 is 0 Å². The van der Waals surface area contributed by atoms with Crippen molar-refractivity contribution in [3.8, 4) is 0 Å². The standard InChI is InChI=1S/C11H17N5O3/c1-13-9-6-19-5-8(9)11(18)15-7-2-14-16(3-7)4-10(12)17/h2-3,8-9,13H,4-6H2,1H3,(H2,12,17)(H,15,18). The van der Waals surface area contributed by atoms with Gasteiger partial charge in [0.1, 0.15) is 6.54 Å². The number of likely N-dealkylation sites (N-methyl/N-ethyl adjacent to an activating group) is 1. The molecule has 19 heavy (non-hydrogen) atoms. The molecule has 1 aliphatic heterocycles. The van der Waals surface area contributed by atoms with E-state index in [2.05, 4.69) is 15.7 Å².